The second-order valence-corrected chi connectivity index (χ2v) is 9.27. The standard InChI is InChI=1S/C28H22ClF2N3O3/c29-24-13-8-20(15-32-24)28(36)37-16-25(35)34-27(18-6-11-22(31)12-7-18)23-3-1-2-19(26(23)33-34)14-17-4-9-21(30)10-5-17/h4-15,23,27H,1-3,16H2. The number of nitrogens with zero attached hydrogens (tertiary/aromatic N) is 3. The molecule has 2 atom stereocenters. The number of carbonyl (C=O) groups is 2. The third kappa shape index (κ3) is 5.44. The largest absolute Gasteiger partial charge is 0.452 e. The van der Waals surface area contributed by atoms with Gasteiger partial charge in [0.25, 0.3) is 5.91 Å². The van der Waals surface area contributed by atoms with Crippen LogP contribution < -0.4 is 0 Å². The number of amides is 1. The molecule has 9 heteroatoms. The predicted octanol–water partition coefficient (Wildman–Crippen LogP) is 5.99. The summed E-state index contributed by atoms with van der Waals surface area (Å²) in [6.45, 7) is -0.528. The van der Waals surface area contributed by atoms with Crippen LogP contribution in [0.3, 0.4) is 0 Å². The van der Waals surface area contributed by atoms with E-state index in [9.17, 15) is 18.4 Å². The molecular weight excluding hydrogens is 500 g/mol. The summed E-state index contributed by atoms with van der Waals surface area (Å²) < 4.78 is 32.3. The smallest absolute Gasteiger partial charge is 0.340 e. The number of hydrogen-bond acceptors (Lipinski definition) is 5. The summed E-state index contributed by atoms with van der Waals surface area (Å²) in [5.74, 6) is -2.04. The van der Waals surface area contributed by atoms with Crippen molar-refractivity contribution < 1.29 is 23.1 Å². The number of rotatable bonds is 5. The molecule has 0 saturated heterocycles. The van der Waals surface area contributed by atoms with Gasteiger partial charge in [0, 0.05) is 12.1 Å². The molecule has 1 aliphatic heterocycles. The molecular formula is C28H22ClF2N3O3. The molecule has 0 bridgehead atoms. The lowest BCUT2D eigenvalue weighted by Crippen LogP contribution is -2.34. The normalized spacial score (nSPS) is 19.9. The zero-order valence-corrected chi connectivity index (χ0v) is 20.4. The Balaban J connectivity index is 1.43. The number of benzene rings is 2. The molecule has 0 spiro atoms. The van der Waals surface area contributed by atoms with E-state index in [0.29, 0.717) is 0 Å². The number of hydrogen-bond donors (Lipinski definition) is 0. The first-order valence-electron chi connectivity index (χ1n) is 11.8. The molecule has 0 radical (unpaired) electrons. The van der Waals surface area contributed by atoms with E-state index < -0.39 is 24.5 Å². The Morgan fingerprint density at radius 3 is 2.41 bits per heavy atom. The molecule has 3 aromatic rings. The SMILES string of the molecule is O=C(OCC(=O)N1N=C2C(=Cc3ccc(F)cc3)CCCC2C1c1ccc(F)cc1)c1ccc(Cl)nc1. The van der Waals surface area contributed by atoms with E-state index in [1.807, 2.05) is 6.08 Å². The molecule has 2 aromatic carbocycles. The topological polar surface area (TPSA) is 71.9 Å². The van der Waals surface area contributed by atoms with Crippen molar-refractivity contribution in [1.82, 2.24) is 9.99 Å². The van der Waals surface area contributed by atoms with E-state index in [1.165, 1.54) is 47.6 Å². The second kappa shape index (κ2) is 10.6. The van der Waals surface area contributed by atoms with Gasteiger partial charge in [-0.15, -0.1) is 0 Å². The molecule has 5 rings (SSSR count). The van der Waals surface area contributed by atoms with Crippen LogP contribution in [0.5, 0.6) is 0 Å². The Hall–Kier alpha value is -3.91. The van der Waals surface area contributed by atoms with E-state index in [0.717, 1.165) is 41.7 Å². The van der Waals surface area contributed by atoms with Crippen LogP contribution in [-0.2, 0) is 9.53 Å². The first kappa shape index (κ1) is 24.8. The Morgan fingerprint density at radius 2 is 1.73 bits per heavy atom. The second-order valence-electron chi connectivity index (χ2n) is 8.89. The third-order valence-corrected chi connectivity index (χ3v) is 6.69. The van der Waals surface area contributed by atoms with Crippen LogP contribution in [0.1, 0.15) is 46.8 Å². The fraction of sp³-hybridized carbons (Fsp3) is 0.214. The Bertz CT molecular complexity index is 1370. The van der Waals surface area contributed by atoms with E-state index in [1.54, 1.807) is 24.3 Å². The number of halogens is 3. The van der Waals surface area contributed by atoms with Gasteiger partial charge in [-0.25, -0.2) is 23.6 Å². The quantitative estimate of drug-likeness (QED) is 0.305. The molecule has 1 fully saturated rings. The molecule has 1 amide bonds. The molecule has 6 nitrogen and oxygen atoms in total. The monoisotopic (exact) mass is 521 g/mol. The van der Waals surface area contributed by atoms with Gasteiger partial charge >= 0.3 is 5.97 Å². The van der Waals surface area contributed by atoms with Gasteiger partial charge in [-0.05, 0) is 78.4 Å². The highest BCUT2D eigenvalue weighted by atomic mass is 35.5. The minimum atomic E-state index is -0.711. The van der Waals surface area contributed by atoms with Crippen LogP contribution in [0.15, 0.2) is 77.5 Å². The third-order valence-electron chi connectivity index (χ3n) is 6.47. The number of allylic oxidation sites excluding steroid dienone is 1. The average Bonchev–Trinajstić information content (AvgIpc) is 3.30. The van der Waals surface area contributed by atoms with Crippen LogP contribution >= 0.6 is 11.6 Å². The van der Waals surface area contributed by atoms with Crippen LogP contribution in [-0.4, -0.2) is 34.2 Å². The summed E-state index contributed by atoms with van der Waals surface area (Å²) in [5, 5.41) is 6.26. The maximum atomic E-state index is 13.7. The van der Waals surface area contributed by atoms with E-state index in [-0.39, 0.29) is 28.3 Å². The zero-order valence-electron chi connectivity index (χ0n) is 19.6. The van der Waals surface area contributed by atoms with E-state index in [4.69, 9.17) is 21.4 Å². The Morgan fingerprint density at radius 1 is 1.03 bits per heavy atom. The molecule has 0 N–H and O–H groups in total. The molecule has 1 aliphatic carbocycles. The van der Waals surface area contributed by atoms with Crippen molar-refractivity contribution in [3.63, 3.8) is 0 Å². The molecule has 2 aliphatic rings. The fourth-order valence-electron chi connectivity index (χ4n) is 4.73. The van der Waals surface area contributed by atoms with Gasteiger partial charge in [-0.2, -0.15) is 5.10 Å². The van der Waals surface area contributed by atoms with Gasteiger partial charge in [0.05, 0.1) is 17.3 Å². The number of fused-ring (bicyclic) bond motifs is 1. The molecule has 1 aromatic heterocycles. The fourth-order valence-corrected chi connectivity index (χ4v) is 4.85. The van der Waals surface area contributed by atoms with Gasteiger partial charge in [-0.3, -0.25) is 4.79 Å². The highest BCUT2D eigenvalue weighted by Crippen LogP contribution is 2.44. The van der Waals surface area contributed by atoms with Gasteiger partial charge in [0.1, 0.15) is 16.8 Å². The first-order chi connectivity index (χ1) is 17.9. The number of ether oxygens (including phenoxy) is 1. The lowest BCUT2D eigenvalue weighted by atomic mass is 9.77. The summed E-state index contributed by atoms with van der Waals surface area (Å²) in [7, 11) is 0. The number of carbonyl (C=O) groups excluding carboxylic acids is 2. The highest BCUT2D eigenvalue weighted by Gasteiger charge is 2.43. The summed E-state index contributed by atoms with van der Waals surface area (Å²) in [6, 6.07) is 14.6. The number of esters is 1. The van der Waals surface area contributed by atoms with Gasteiger partial charge < -0.3 is 4.74 Å². The molecule has 1 saturated carbocycles. The highest BCUT2D eigenvalue weighted by molar-refractivity contribution is 6.29. The zero-order chi connectivity index (χ0) is 25.9. The van der Waals surface area contributed by atoms with Crippen molar-refractivity contribution in [2.75, 3.05) is 6.61 Å². The molecule has 37 heavy (non-hydrogen) atoms. The lowest BCUT2D eigenvalue weighted by Gasteiger charge is -2.29. The maximum absolute atomic E-state index is 13.7. The van der Waals surface area contributed by atoms with Crippen molar-refractivity contribution in [1.29, 1.82) is 0 Å². The Kier molecular flexibility index (Phi) is 7.10. The summed E-state index contributed by atoms with van der Waals surface area (Å²) in [6.07, 6.45) is 5.63. The Labute approximate surface area is 217 Å². The molecule has 188 valence electrons. The lowest BCUT2D eigenvalue weighted by molar-refractivity contribution is -0.137. The van der Waals surface area contributed by atoms with Gasteiger partial charge in [0.2, 0.25) is 0 Å². The van der Waals surface area contributed by atoms with Crippen molar-refractivity contribution in [3.8, 4) is 0 Å². The molecule has 2 unspecified atom stereocenters. The predicted molar refractivity (Wildman–Crippen MR) is 135 cm³/mol. The number of pyridine rings is 1. The number of hydrazone groups is 1. The maximum Gasteiger partial charge on any atom is 0.340 e. The minimum Gasteiger partial charge on any atom is -0.452 e. The van der Waals surface area contributed by atoms with Crippen LogP contribution in [0.4, 0.5) is 8.78 Å². The van der Waals surface area contributed by atoms with Gasteiger partial charge in [-0.1, -0.05) is 35.9 Å². The number of aromatic nitrogens is 1. The van der Waals surface area contributed by atoms with Gasteiger partial charge in [0.15, 0.2) is 6.61 Å². The van der Waals surface area contributed by atoms with Crippen LogP contribution in [0.2, 0.25) is 5.15 Å². The van der Waals surface area contributed by atoms with Crippen LogP contribution in [0, 0.1) is 17.6 Å². The minimum absolute atomic E-state index is 0.119. The van der Waals surface area contributed by atoms with Crippen molar-refractivity contribution in [3.05, 3.63) is 106 Å². The van der Waals surface area contributed by atoms with E-state index in [2.05, 4.69) is 4.98 Å². The van der Waals surface area contributed by atoms with Crippen molar-refractivity contribution in [2.24, 2.45) is 11.0 Å². The molecule has 2 heterocycles. The van der Waals surface area contributed by atoms with Crippen molar-refractivity contribution in [2.45, 2.75) is 25.3 Å². The summed E-state index contributed by atoms with van der Waals surface area (Å²) >= 11 is 5.76. The van der Waals surface area contributed by atoms with E-state index >= 15 is 0 Å². The van der Waals surface area contributed by atoms with Crippen LogP contribution in [0.25, 0.3) is 6.08 Å². The summed E-state index contributed by atoms with van der Waals surface area (Å²) in [4.78, 5) is 29.6. The first-order valence-corrected chi connectivity index (χ1v) is 12.2. The summed E-state index contributed by atoms with van der Waals surface area (Å²) in [5.41, 5.74) is 3.43. The van der Waals surface area contributed by atoms with Crippen molar-refractivity contribution >= 4 is 35.3 Å². The average molecular weight is 522 g/mol.